The Bertz CT molecular complexity index is 619. The summed E-state index contributed by atoms with van der Waals surface area (Å²) in [6.07, 6.45) is -3.85. The number of nitrogens with zero attached hydrogens (tertiary/aromatic N) is 2. The van der Waals surface area contributed by atoms with E-state index in [9.17, 15) is 13.2 Å². The summed E-state index contributed by atoms with van der Waals surface area (Å²) in [6.45, 7) is 0. The molecule has 20 heavy (non-hydrogen) atoms. The van der Waals surface area contributed by atoms with Crippen molar-refractivity contribution in [2.24, 2.45) is 0 Å². The molecule has 0 fully saturated rings. The highest BCUT2D eigenvalue weighted by atomic mass is 127. The molecule has 2 rings (SSSR count). The van der Waals surface area contributed by atoms with Crippen molar-refractivity contribution in [1.82, 2.24) is 9.97 Å². The molecule has 0 aliphatic carbocycles. The van der Waals surface area contributed by atoms with Crippen LogP contribution in [0.4, 0.5) is 24.8 Å². The van der Waals surface area contributed by atoms with Gasteiger partial charge in [-0.05, 0) is 34.7 Å². The van der Waals surface area contributed by atoms with Crippen LogP contribution in [0.25, 0.3) is 0 Å². The molecule has 4 nitrogen and oxygen atoms in total. The van der Waals surface area contributed by atoms with Crippen molar-refractivity contribution in [3.8, 4) is 5.88 Å². The number of methoxy groups -OCH3 is 1. The molecule has 8 heteroatoms. The second kappa shape index (κ2) is 5.81. The third-order valence-corrected chi connectivity index (χ3v) is 3.31. The molecule has 1 heterocycles. The van der Waals surface area contributed by atoms with Gasteiger partial charge in [-0.15, -0.1) is 0 Å². The van der Waals surface area contributed by atoms with Crippen LogP contribution in [-0.2, 0) is 6.18 Å². The van der Waals surface area contributed by atoms with Crippen molar-refractivity contribution in [2.45, 2.75) is 6.18 Å². The van der Waals surface area contributed by atoms with Gasteiger partial charge in [-0.2, -0.15) is 18.2 Å². The van der Waals surface area contributed by atoms with Crippen LogP contribution in [0, 0.1) is 3.57 Å². The molecule has 0 radical (unpaired) electrons. The second-order valence-electron chi connectivity index (χ2n) is 3.72. The summed E-state index contributed by atoms with van der Waals surface area (Å²) in [7, 11) is 1.13. The topological polar surface area (TPSA) is 47.0 Å². The lowest BCUT2D eigenvalue weighted by Crippen LogP contribution is -2.11. The molecule has 1 N–H and O–H groups in total. The van der Waals surface area contributed by atoms with Crippen LogP contribution in [0.5, 0.6) is 5.88 Å². The normalized spacial score (nSPS) is 11.2. The number of benzene rings is 1. The van der Waals surface area contributed by atoms with E-state index < -0.39 is 17.6 Å². The smallest absolute Gasteiger partial charge is 0.423 e. The summed E-state index contributed by atoms with van der Waals surface area (Å²) in [5.74, 6) is -0.472. The Morgan fingerprint density at radius 1 is 1.25 bits per heavy atom. The molecule has 2 aromatic rings. The SMILES string of the molecule is COc1nc(Nc2ccccc2I)ncc1C(F)(F)F. The first-order valence-electron chi connectivity index (χ1n) is 5.41. The van der Waals surface area contributed by atoms with E-state index >= 15 is 0 Å². The Morgan fingerprint density at radius 2 is 1.95 bits per heavy atom. The van der Waals surface area contributed by atoms with Gasteiger partial charge >= 0.3 is 6.18 Å². The number of nitrogens with one attached hydrogen (secondary N) is 1. The minimum atomic E-state index is -4.55. The van der Waals surface area contributed by atoms with Gasteiger partial charge in [-0.25, -0.2) is 4.98 Å². The number of hydrogen-bond acceptors (Lipinski definition) is 4. The summed E-state index contributed by atoms with van der Waals surface area (Å²) in [5, 5.41) is 2.85. The zero-order chi connectivity index (χ0) is 14.8. The van der Waals surface area contributed by atoms with Crippen LogP contribution in [0.15, 0.2) is 30.5 Å². The van der Waals surface area contributed by atoms with Crippen molar-refractivity contribution in [1.29, 1.82) is 0 Å². The van der Waals surface area contributed by atoms with E-state index in [0.29, 0.717) is 11.9 Å². The largest absolute Gasteiger partial charge is 0.480 e. The predicted molar refractivity (Wildman–Crippen MR) is 76.0 cm³/mol. The Morgan fingerprint density at radius 3 is 2.55 bits per heavy atom. The average molecular weight is 395 g/mol. The van der Waals surface area contributed by atoms with Gasteiger partial charge in [0, 0.05) is 9.77 Å². The van der Waals surface area contributed by atoms with Gasteiger partial charge in [0.25, 0.3) is 0 Å². The number of alkyl halides is 3. The maximum atomic E-state index is 12.7. The molecule has 0 saturated carbocycles. The zero-order valence-corrected chi connectivity index (χ0v) is 12.4. The van der Waals surface area contributed by atoms with Gasteiger partial charge < -0.3 is 10.1 Å². The maximum absolute atomic E-state index is 12.7. The number of aromatic nitrogens is 2. The van der Waals surface area contributed by atoms with Crippen molar-refractivity contribution in [2.75, 3.05) is 12.4 Å². The third kappa shape index (κ3) is 3.30. The number of rotatable bonds is 3. The molecule has 1 aromatic carbocycles. The summed E-state index contributed by atoms with van der Waals surface area (Å²) in [6, 6.07) is 7.27. The number of halogens is 4. The van der Waals surface area contributed by atoms with Crippen LogP contribution in [0.1, 0.15) is 5.56 Å². The summed E-state index contributed by atoms with van der Waals surface area (Å²) in [4.78, 5) is 7.39. The summed E-state index contributed by atoms with van der Waals surface area (Å²) < 4.78 is 43.6. The lowest BCUT2D eigenvalue weighted by molar-refractivity contribution is -0.139. The van der Waals surface area contributed by atoms with Gasteiger partial charge in [-0.1, -0.05) is 12.1 Å². The summed E-state index contributed by atoms with van der Waals surface area (Å²) in [5.41, 5.74) is -0.303. The molecule has 106 valence electrons. The van der Waals surface area contributed by atoms with E-state index in [-0.39, 0.29) is 5.95 Å². The highest BCUT2D eigenvalue weighted by molar-refractivity contribution is 14.1. The van der Waals surface area contributed by atoms with Crippen LogP contribution in [-0.4, -0.2) is 17.1 Å². The molecule has 0 atom stereocenters. The first-order valence-corrected chi connectivity index (χ1v) is 6.49. The number of ether oxygens (including phenoxy) is 1. The highest BCUT2D eigenvalue weighted by Crippen LogP contribution is 2.35. The molecule has 0 saturated heterocycles. The van der Waals surface area contributed by atoms with Crippen LogP contribution >= 0.6 is 22.6 Å². The van der Waals surface area contributed by atoms with Crippen molar-refractivity contribution < 1.29 is 17.9 Å². The molecule has 0 aliphatic rings. The standard InChI is InChI=1S/C12H9F3IN3O/c1-20-10-7(12(13,14)15)6-17-11(19-10)18-9-5-3-2-4-8(9)16/h2-6H,1H3,(H,17,18,19). The minimum absolute atomic E-state index is 0.0407. The fourth-order valence-corrected chi connectivity index (χ4v) is 1.98. The molecule has 0 bridgehead atoms. The highest BCUT2D eigenvalue weighted by Gasteiger charge is 2.36. The Labute approximate surface area is 126 Å². The Balaban J connectivity index is 2.33. The lowest BCUT2D eigenvalue weighted by Gasteiger charge is -2.12. The fraction of sp³-hybridized carbons (Fsp3) is 0.167. The fourth-order valence-electron chi connectivity index (χ4n) is 1.46. The van der Waals surface area contributed by atoms with Gasteiger partial charge in [0.15, 0.2) is 0 Å². The second-order valence-corrected chi connectivity index (χ2v) is 4.88. The lowest BCUT2D eigenvalue weighted by atomic mass is 10.3. The van der Waals surface area contributed by atoms with Crippen molar-refractivity contribution in [3.05, 3.63) is 39.6 Å². The third-order valence-electron chi connectivity index (χ3n) is 2.37. The van der Waals surface area contributed by atoms with E-state index in [2.05, 4.69) is 42.6 Å². The van der Waals surface area contributed by atoms with Gasteiger partial charge in [-0.3, -0.25) is 0 Å². The first kappa shape index (κ1) is 14.8. The molecular weight excluding hydrogens is 386 g/mol. The van der Waals surface area contributed by atoms with E-state index in [0.717, 1.165) is 10.7 Å². The zero-order valence-electron chi connectivity index (χ0n) is 10.2. The predicted octanol–water partition coefficient (Wildman–Crippen LogP) is 3.85. The molecule has 1 aromatic heterocycles. The molecule has 0 spiro atoms. The quantitative estimate of drug-likeness (QED) is 0.803. The minimum Gasteiger partial charge on any atom is -0.480 e. The number of hydrogen-bond donors (Lipinski definition) is 1. The van der Waals surface area contributed by atoms with Gasteiger partial charge in [0.1, 0.15) is 5.56 Å². The van der Waals surface area contributed by atoms with Crippen LogP contribution in [0.3, 0.4) is 0 Å². The molecular formula is C12H9F3IN3O. The monoisotopic (exact) mass is 395 g/mol. The number of para-hydroxylation sites is 1. The molecule has 0 amide bonds. The van der Waals surface area contributed by atoms with Gasteiger partial charge in [0.05, 0.1) is 12.8 Å². The van der Waals surface area contributed by atoms with E-state index in [1.54, 1.807) is 12.1 Å². The summed E-state index contributed by atoms with van der Waals surface area (Å²) >= 11 is 2.10. The Hall–Kier alpha value is -1.58. The van der Waals surface area contributed by atoms with E-state index in [1.165, 1.54) is 0 Å². The van der Waals surface area contributed by atoms with E-state index in [1.807, 2.05) is 12.1 Å². The maximum Gasteiger partial charge on any atom is 0.423 e. The van der Waals surface area contributed by atoms with Gasteiger partial charge in [0.2, 0.25) is 11.8 Å². The first-order chi connectivity index (χ1) is 9.41. The van der Waals surface area contributed by atoms with Crippen LogP contribution in [0.2, 0.25) is 0 Å². The van der Waals surface area contributed by atoms with Crippen LogP contribution < -0.4 is 10.1 Å². The van der Waals surface area contributed by atoms with Crippen molar-refractivity contribution in [3.63, 3.8) is 0 Å². The Kier molecular flexibility index (Phi) is 4.31. The average Bonchev–Trinajstić information content (AvgIpc) is 2.40. The van der Waals surface area contributed by atoms with Crippen molar-refractivity contribution >= 4 is 34.2 Å². The molecule has 0 aliphatic heterocycles. The molecule has 0 unspecified atom stereocenters. The number of anilines is 2. The van der Waals surface area contributed by atoms with E-state index in [4.69, 9.17) is 0 Å².